The Bertz CT molecular complexity index is 103. The topological polar surface area (TPSA) is 24.4 Å². The highest BCUT2D eigenvalue weighted by Crippen LogP contribution is 1.78. The predicted octanol–water partition coefficient (Wildman–Crippen LogP) is 0.810. The van der Waals surface area contributed by atoms with Crippen molar-refractivity contribution in [1.82, 2.24) is 5.32 Å². The van der Waals surface area contributed by atoms with Gasteiger partial charge in [0.15, 0.2) is 0 Å². The maximum atomic E-state index is 3.78. The summed E-state index contributed by atoms with van der Waals surface area (Å²) in [4.78, 5) is 3.78. The molecule has 2 heteroatoms. The van der Waals surface area contributed by atoms with E-state index in [4.69, 9.17) is 0 Å². The van der Waals surface area contributed by atoms with Crippen LogP contribution in [0.5, 0.6) is 0 Å². The first kappa shape index (κ1) is 7.21. The Hall–Kier alpha value is -0.790. The van der Waals surface area contributed by atoms with Crippen molar-refractivity contribution in [1.29, 1.82) is 0 Å². The third-order valence-electron chi connectivity index (χ3n) is 0.868. The van der Waals surface area contributed by atoms with E-state index < -0.39 is 0 Å². The third-order valence-corrected chi connectivity index (χ3v) is 0.868. The second-order valence-electron chi connectivity index (χ2n) is 1.51. The van der Waals surface area contributed by atoms with Crippen molar-refractivity contribution >= 4 is 6.21 Å². The monoisotopic (exact) mass is 112 g/mol. The summed E-state index contributed by atoms with van der Waals surface area (Å²) in [7, 11) is 3.63. The normalized spacial score (nSPS) is 12.6. The van der Waals surface area contributed by atoms with Gasteiger partial charge in [0.1, 0.15) is 0 Å². The lowest BCUT2D eigenvalue weighted by atomic mass is 10.4. The van der Waals surface area contributed by atoms with Crippen LogP contribution in [0.25, 0.3) is 0 Å². The van der Waals surface area contributed by atoms with E-state index in [1.54, 1.807) is 13.3 Å². The Kier molecular flexibility index (Phi) is 3.94. The number of rotatable bonds is 2. The fraction of sp³-hybridized carbons (Fsp3) is 0.500. The van der Waals surface area contributed by atoms with Gasteiger partial charge in [-0.25, -0.2) is 0 Å². The molecule has 0 aromatic carbocycles. The van der Waals surface area contributed by atoms with Gasteiger partial charge in [0.2, 0.25) is 0 Å². The molecule has 0 aromatic rings. The van der Waals surface area contributed by atoms with E-state index in [2.05, 4.69) is 10.3 Å². The highest BCUT2D eigenvalue weighted by Gasteiger charge is 1.73. The maximum absolute atomic E-state index is 3.78. The molecule has 0 heterocycles. The van der Waals surface area contributed by atoms with Gasteiger partial charge in [0, 0.05) is 26.0 Å². The quantitative estimate of drug-likeness (QED) is 0.525. The summed E-state index contributed by atoms with van der Waals surface area (Å²) in [6.45, 7) is 1.99. The number of nitrogens with zero attached hydrogens (tertiary/aromatic N) is 1. The molecule has 0 bridgehead atoms. The van der Waals surface area contributed by atoms with Crippen LogP contribution in [0.4, 0.5) is 0 Å². The van der Waals surface area contributed by atoms with Crippen LogP contribution in [0.3, 0.4) is 0 Å². The minimum absolute atomic E-state index is 1.12. The minimum atomic E-state index is 1.12. The molecule has 0 rings (SSSR count). The summed E-state index contributed by atoms with van der Waals surface area (Å²) in [5.41, 5.74) is 1.12. The Labute approximate surface area is 50.3 Å². The molecule has 0 aromatic heterocycles. The van der Waals surface area contributed by atoms with E-state index in [0.29, 0.717) is 0 Å². The molecule has 0 atom stereocenters. The fourth-order valence-electron chi connectivity index (χ4n) is 0.270. The van der Waals surface area contributed by atoms with Crippen molar-refractivity contribution < 1.29 is 0 Å². The zero-order valence-electron chi connectivity index (χ0n) is 5.60. The number of allylic oxidation sites excluding steroid dienone is 2. The van der Waals surface area contributed by atoms with Crippen LogP contribution in [0.2, 0.25) is 0 Å². The van der Waals surface area contributed by atoms with E-state index in [-0.39, 0.29) is 0 Å². The zero-order chi connectivity index (χ0) is 6.41. The van der Waals surface area contributed by atoms with Gasteiger partial charge in [0.05, 0.1) is 0 Å². The lowest BCUT2D eigenvalue weighted by Gasteiger charge is -1.92. The van der Waals surface area contributed by atoms with E-state index in [1.807, 2.05) is 20.0 Å². The van der Waals surface area contributed by atoms with Crippen LogP contribution < -0.4 is 5.32 Å². The zero-order valence-corrected chi connectivity index (χ0v) is 5.60. The molecule has 0 amide bonds. The molecule has 2 nitrogen and oxygen atoms in total. The largest absolute Gasteiger partial charge is 0.392 e. The van der Waals surface area contributed by atoms with Crippen molar-refractivity contribution in [2.45, 2.75) is 6.92 Å². The molecular weight excluding hydrogens is 100 g/mol. The smallest absolute Gasteiger partial charge is 0.0277 e. The van der Waals surface area contributed by atoms with Crippen LogP contribution in [-0.4, -0.2) is 20.3 Å². The van der Waals surface area contributed by atoms with Gasteiger partial charge in [0.25, 0.3) is 0 Å². The molecule has 1 N–H and O–H groups in total. The molecule has 0 saturated heterocycles. The van der Waals surface area contributed by atoms with Gasteiger partial charge in [-0.2, -0.15) is 0 Å². The van der Waals surface area contributed by atoms with Gasteiger partial charge in [-0.15, -0.1) is 0 Å². The fourth-order valence-corrected chi connectivity index (χ4v) is 0.270. The highest BCUT2D eigenvalue weighted by atomic mass is 14.8. The molecule has 46 valence electrons. The summed E-state index contributed by atoms with van der Waals surface area (Å²) in [6, 6.07) is 0. The predicted molar refractivity (Wildman–Crippen MR) is 37.2 cm³/mol. The molecule has 0 fully saturated rings. The van der Waals surface area contributed by atoms with Crippen LogP contribution in [-0.2, 0) is 0 Å². The molecular formula is C6H12N2. The summed E-state index contributed by atoms with van der Waals surface area (Å²) in [5, 5.41) is 2.97. The Balaban J connectivity index is 3.57. The van der Waals surface area contributed by atoms with Gasteiger partial charge in [-0.1, -0.05) is 0 Å². The summed E-state index contributed by atoms with van der Waals surface area (Å²) >= 11 is 0. The van der Waals surface area contributed by atoms with E-state index in [9.17, 15) is 0 Å². The Morgan fingerprint density at radius 2 is 2.25 bits per heavy atom. The van der Waals surface area contributed by atoms with Crippen molar-refractivity contribution in [3.8, 4) is 0 Å². The number of aliphatic imine (C=N–C) groups is 1. The molecule has 0 aliphatic heterocycles. The third kappa shape index (κ3) is 3.40. The van der Waals surface area contributed by atoms with Crippen LogP contribution >= 0.6 is 0 Å². The lowest BCUT2D eigenvalue weighted by Crippen LogP contribution is -2.00. The molecule has 0 spiro atoms. The molecule has 8 heavy (non-hydrogen) atoms. The van der Waals surface area contributed by atoms with Crippen molar-refractivity contribution in [2.75, 3.05) is 14.1 Å². The average Bonchev–Trinajstić information content (AvgIpc) is 1.83. The lowest BCUT2D eigenvalue weighted by molar-refractivity contribution is 0.994. The second kappa shape index (κ2) is 4.37. The first-order chi connectivity index (χ1) is 3.81. The molecule has 0 saturated carbocycles. The summed E-state index contributed by atoms with van der Waals surface area (Å²) < 4.78 is 0. The Morgan fingerprint density at radius 1 is 1.62 bits per heavy atom. The van der Waals surface area contributed by atoms with Crippen molar-refractivity contribution in [2.24, 2.45) is 4.99 Å². The summed E-state index contributed by atoms with van der Waals surface area (Å²) in [6.07, 6.45) is 3.67. The number of hydrogen-bond acceptors (Lipinski definition) is 2. The molecule has 0 aliphatic carbocycles. The first-order valence-electron chi connectivity index (χ1n) is 2.58. The number of hydrogen-bond donors (Lipinski definition) is 1. The van der Waals surface area contributed by atoms with Gasteiger partial charge >= 0.3 is 0 Å². The molecule has 0 aliphatic rings. The maximum Gasteiger partial charge on any atom is 0.0277 e. The molecule has 0 radical (unpaired) electrons. The standard InChI is InChI=1S/C6H12N2/c1-6(8-3)4-5-7-2/h4-5,8H,1-3H3/b6-4-,7-5?. The average molecular weight is 112 g/mol. The van der Waals surface area contributed by atoms with Gasteiger partial charge in [-0.05, 0) is 13.0 Å². The van der Waals surface area contributed by atoms with Gasteiger partial charge in [-0.3, -0.25) is 4.99 Å². The molecule has 0 unspecified atom stereocenters. The van der Waals surface area contributed by atoms with E-state index in [1.165, 1.54) is 0 Å². The second-order valence-corrected chi connectivity index (χ2v) is 1.51. The van der Waals surface area contributed by atoms with Crippen LogP contribution in [0.1, 0.15) is 6.92 Å². The van der Waals surface area contributed by atoms with E-state index >= 15 is 0 Å². The first-order valence-corrected chi connectivity index (χ1v) is 2.58. The van der Waals surface area contributed by atoms with Crippen LogP contribution in [0, 0.1) is 0 Å². The van der Waals surface area contributed by atoms with E-state index in [0.717, 1.165) is 5.70 Å². The highest BCUT2D eigenvalue weighted by molar-refractivity contribution is 5.71. The Morgan fingerprint density at radius 3 is 2.62 bits per heavy atom. The van der Waals surface area contributed by atoms with Gasteiger partial charge < -0.3 is 5.32 Å². The minimum Gasteiger partial charge on any atom is -0.392 e. The number of nitrogens with one attached hydrogen (secondary N) is 1. The SMILES string of the molecule is CN=C/C=C(/C)NC. The van der Waals surface area contributed by atoms with Crippen LogP contribution in [0.15, 0.2) is 16.8 Å². The van der Waals surface area contributed by atoms with Crippen molar-refractivity contribution in [3.63, 3.8) is 0 Å². The summed E-state index contributed by atoms with van der Waals surface area (Å²) in [5.74, 6) is 0. The van der Waals surface area contributed by atoms with Crippen molar-refractivity contribution in [3.05, 3.63) is 11.8 Å².